The van der Waals surface area contributed by atoms with Crippen LogP contribution in [0.25, 0.3) is 0 Å². The maximum absolute atomic E-state index is 12.5. The zero-order chi connectivity index (χ0) is 18.4. The monoisotopic (exact) mass is 371 g/mol. The lowest BCUT2D eigenvalue weighted by molar-refractivity contribution is 0.0954. The van der Waals surface area contributed by atoms with E-state index < -0.39 is 0 Å². The highest BCUT2D eigenvalue weighted by atomic mass is 35.5. The molecule has 1 unspecified atom stereocenters. The smallest absolute Gasteiger partial charge is 0.251 e. The zero-order valence-electron chi connectivity index (χ0n) is 15.2. The SMILES string of the molecule is CCC1CCCCN1c1cc(C(=O)NCCc2cccc(Cl)c2)ccn1. The molecule has 1 atom stereocenters. The van der Waals surface area contributed by atoms with Crippen molar-refractivity contribution in [2.45, 2.75) is 45.1 Å². The van der Waals surface area contributed by atoms with Gasteiger partial charge in [-0.2, -0.15) is 0 Å². The molecule has 26 heavy (non-hydrogen) atoms. The first-order valence-electron chi connectivity index (χ1n) is 9.42. The van der Waals surface area contributed by atoms with E-state index in [-0.39, 0.29) is 5.91 Å². The van der Waals surface area contributed by atoms with Crippen molar-refractivity contribution in [3.05, 3.63) is 58.7 Å². The van der Waals surface area contributed by atoms with Crippen LogP contribution in [0.4, 0.5) is 5.82 Å². The van der Waals surface area contributed by atoms with Crippen molar-refractivity contribution >= 4 is 23.3 Å². The second-order valence-electron chi connectivity index (χ2n) is 6.79. The first-order chi connectivity index (χ1) is 12.7. The van der Waals surface area contributed by atoms with Gasteiger partial charge in [-0.1, -0.05) is 30.7 Å². The first-order valence-corrected chi connectivity index (χ1v) is 9.80. The molecule has 1 saturated heterocycles. The number of aromatic nitrogens is 1. The molecule has 1 fully saturated rings. The Morgan fingerprint density at radius 1 is 1.31 bits per heavy atom. The zero-order valence-corrected chi connectivity index (χ0v) is 16.0. The minimum absolute atomic E-state index is 0.0549. The van der Waals surface area contributed by atoms with Crippen LogP contribution in [0.2, 0.25) is 5.02 Å². The second kappa shape index (κ2) is 9.04. The van der Waals surface area contributed by atoms with Crippen molar-refractivity contribution < 1.29 is 4.79 Å². The van der Waals surface area contributed by atoms with E-state index in [0.29, 0.717) is 18.2 Å². The van der Waals surface area contributed by atoms with Crippen LogP contribution in [-0.2, 0) is 6.42 Å². The summed E-state index contributed by atoms with van der Waals surface area (Å²) in [5.74, 6) is 0.861. The summed E-state index contributed by atoms with van der Waals surface area (Å²) in [5.41, 5.74) is 1.79. The average molecular weight is 372 g/mol. The van der Waals surface area contributed by atoms with Crippen molar-refractivity contribution in [3.8, 4) is 0 Å². The second-order valence-corrected chi connectivity index (χ2v) is 7.23. The molecule has 2 heterocycles. The fourth-order valence-corrected chi connectivity index (χ4v) is 3.77. The summed E-state index contributed by atoms with van der Waals surface area (Å²) in [6.45, 7) is 3.82. The van der Waals surface area contributed by atoms with E-state index in [0.717, 1.165) is 35.8 Å². The van der Waals surface area contributed by atoms with Gasteiger partial charge in [0, 0.05) is 35.9 Å². The normalized spacial score (nSPS) is 17.2. The maximum atomic E-state index is 12.5. The van der Waals surface area contributed by atoms with Crippen molar-refractivity contribution in [2.75, 3.05) is 18.0 Å². The molecule has 138 valence electrons. The van der Waals surface area contributed by atoms with Gasteiger partial charge in [0.15, 0.2) is 0 Å². The van der Waals surface area contributed by atoms with Crippen LogP contribution < -0.4 is 10.2 Å². The summed E-state index contributed by atoms with van der Waals surface area (Å²) in [7, 11) is 0. The number of carbonyl (C=O) groups is 1. The van der Waals surface area contributed by atoms with Crippen molar-refractivity contribution in [1.29, 1.82) is 0 Å². The average Bonchev–Trinajstić information content (AvgIpc) is 2.68. The third-order valence-corrected chi connectivity index (χ3v) is 5.22. The highest BCUT2D eigenvalue weighted by molar-refractivity contribution is 6.30. The Morgan fingerprint density at radius 3 is 3.00 bits per heavy atom. The molecule has 1 N–H and O–H groups in total. The summed E-state index contributed by atoms with van der Waals surface area (Å²) >= 11 is 6.00. The standard InChI is InChI=1S/C21H26ClN3O/c1-2-19-8-3-4-13-25(19)20-15-17(10-12-23-20)21(26)24-11-9-16-6-5-7-18(22)14-16/h5-7,10,12,14-15,19H,2-4,8-9,11,13H2,1H3,(H,24,26). The van der Waals surface area contributed by atoms with Crippen LogP contribution in [0.5, 0.6) is 0 Å². The van der Waals surface area contributed by atoms with Crippen LogP contribution >= 0.6 is 11.6 Å². The van der Waals surface area contributed by atoms with Gasteiger partial charge in [0.2, 0.25) is 0 Å². The van der Waals surface area contributed by atoms with Gasteiger partial charge in [0.05, 0.1) is 0 Å². The number of anilines is 1. The topological polar surface area (TPSA) is 45.2 Å². The summed E-state index contributed by atoms with van der Waals surface area (Å²) < 4.78 is 0. The molecular formula is C21H26ClN3O. The number of hydrogen-bond acceptors (Lipinski definition) is 3. The molecular weight excluding hydrogens is 346 g/mol. The molecule has 0 aliphatic carbocycles. The number of halogens is 1. The van der Waals surface area contributed by atoms with Crippen LogP contribution in [0, 0.1) is 0 Å². The number of pyridine rings is 1. The van der Waals surface area contributed by atoms with Crippen molar-refractivity contribution in [1.82, 2.24) is 10.3 Å². The Balaban J connectivity index is 1.61. The van der Waals surface area contributed by atoms with Crippen molar-refractivity contribution in [3.63, 3.8) is 0 Å². The van der Waals surface area contributed by atoms with Crippen LogP contribution in [0.1, 0.15) is 48.5 Å². The minimum Gasteiger partial charge on any atom is -0.354 e. The molecule has 3 rings (SSSR count). The van der Waals surface area contributed by atoms with Gasteiger partial charge in [-0.15, -0.1) is 0 Å². The van der Waals surface area contributed by atoms with Gasteiger partial charge in [0.25, 0.3) is 5.91 Å². The molecule has 0 saturated carbocycles. The number of carbonyl (C=O) groups excluding carboxylic acids is 1. The lowest BCUT2D eigenvalue weighted by atomic mass is 10.00. The molecule has 0 bridgehead atoms. The molecule has 0 radical (unpaired) electrons. The third kappa shape index (κ3) is 4.76. The van der Waals surface area contributed by atoms with E-state index in [4.69, 9.17) is 11.6 Å². The molecule has 1 aromatic heterocycles. The van der Waals surface area contributed by atoms with Gasteiger partial charge in [0.1, 0.15) is 5.82 Å². The van der Waals surface area contributed by atoms with Crippen molar-refractivity contribution in [2.24, 2.45) is 0 Å². The van der Waals surface area contributed by atoms with Gasteiger partial charge in [-0.3, -0.25) is 4.79 Å². The van der Waals surface area contributed by atoms with E-state index in [9.17, 15) is 4.79 Å². The molecule has 4 nitrogen and oxygen atoms in total. The Morgan fingerprint density at radius 2 is 2.19 bits per heavy atom. The predicted octanol–water partition coefficient (Wildman–Crippen LogP) is 4.48. The lowest BCUT2D eigenvalue weighted by Crippen LogP contribution is -2.39. The Hall–Kier alpha value is -2.07. The highest BCUT2D eigenvalue weighted by Gasteiger charge is 2.22. The molecule has 5 heteroatoms. The van der Waals surface area contributed by atoms with Gasteiger partial charge >= 0.3 is 0 Å². The molecule has 1 aliphatic rings. The summed E-state index contributed by atoms with van der Waals surface area (Å²) in [6, 6.07) is 12.0. The Bertz CT molecular complexity index is 750. The van der Waals surface area contributed by atoms with Gasteiger partial charge in [-0.05, 0) is 61.9 Å². The van der Waals surface area contributed by atoms with E-state index in [1.807, 2.05) is 30.3 Å². The quantitative estimate of drug-likeness (QED) is 0.814. The predicted molar refractivity (Wildman–Crippen MR) is 107 cm³/mol. The highest BCUT2D eigenvalue weighted by Crippen LogP contribution is 2.25. The molecule has 1 aromatic carbocycles. The number of rotatable bonds is 6. The Kier molecular flexibility index (Phi) is 6.51. The largest absolute Gasteiger partial charge is 0.354 e. The number of piperidine rings is 1. The fraction of sp³-hybridized carbons (Fsp3) is 0.429. The fourth-order valence-electron chi connectivity index (χ4n) is 3.56. The minimum atomic E-state index is -0.0549. The van der Waals surface area contributed by atoms with E-state index in [2.05, 4.69) is 22.1 Å². The molecule has 1 aliphatic heterocycles. The van der Waals surface area contributed by atoms with Gasteiger partial charge < -0.3 is 10.2 Å². The van der Waals surface area contributed by atoms with Crippen LogP contribution in [0.15, 0.2) is 42.6 Å². The van der Waals surface area contributed by atoms with Gasteiger partial charge in [-0.25, -0.2) is 4.98 Å². The molecule has 1 amide bonds. The number of nitrogens with zero attached hydrogens (tertiary/aromatic N) is 2. The Labute approximate surface area is 160 Å². The summed E-state index contributed by atoms with van der Waals surface area (Å²) in [6.07, 6.45) is 7.27. The third-order valence-electron chi connectivity index (χ3n) is 4.99. The van der Waals surface area contributed by atoms with E-state index >= 15 is 0 Å². The molecule has 0 spiro atoms. The number of amides is 1. The first kappa shape index (κ1) is 18.7. The lowest BCUT2D eigenvalue weighted by Gasteiger charge is -2.36. The number of hydrogen-bond donors (Lipinski definition) is 1. The molecule has 2 aromatic rings. The van der Waals surface area contributed by atoms with Crippen LogP contribution in [0.3, 0.4) is 0 Å². The number of nitrogens with one attached hydrogen (secondary N) is 1. The van der Waals surface area contributed by atoms with Crippen LogP contribution in [-0.4, -0.2) is 30.0 Å². The van der Waals surface area contributed by atoms with E-state index in [1.165, 1.54) is 19.3 Å². The summed E-state index contributed by atoms with van der Waals surface area (Å²) in [5, 5.41) is 3.72. The van der Waals surface area contributed by atoms with E-state index in [1.54, 1.807) is 12.3 Å². The summed E-state index contributed by atoms with van der Waals surface area (Å²) in [4.78, 5) is 19.4. The number of benzene rings is 1. The maximum Gasteiger partial charge on any atom is 0.251 e.